The maximum absolute atomic E-state index is 5.35. The molecular weight excluding hydrogens is 282 g/mol. The molecule has 0 bridgehead atoms. The van der Waals surface area contributed by atoms with Crippen LogP contribution in [0.1, 0.15) is 36.2 Å². The Balaban J connectivity index is 2.03. The highest BCUT2D eigenvalue weighted by Gasteiger charge is 2.11. The van der Waals surface area contributed by atoms with Gasteiger partial charge in [-0.25, -0.2) is 0 Å². The number of thiophene rings is 1. The summed E-state index contributed by atoms with van der Waals surface area (Å²) in [4.78, 5) is 1.40. The van der Waals surface area contributed by atoms with Crippen LogP contribution in [0.2, 0.25) is 0 Å². The van der Waals surface area contributed by atoms with Crippen LogP contribution < -0.4 is 14.8 Å². The van der Waals surface area contributed by atoms with Crippen molar-refractivity contribution in [2.75, 3.05) is 14.2 Å². The lowest BCUT2D eigenvalue weighted by Crippen LogP contribution is -2.20. The van der Waals surface area contributed by atoms with Crippen molar-refractivity contribution in [1.82, 2.24) is 5.32 Å². The maximum atomic E-state index is 5.35. The van der Waals surface area contributed by atoms with Crippen molar-refractivity contribution in [3.05, 3.63) is 46.2 Å². The van der Waals surface area contributed by atoms with Crippen LogP contribution in [0.5, 0.6) is 11.5 Å². The Morgan fingerprint density at radius 1 is 1.14 bits per heavy atom. The normalized spacial score (nSPS) is 12.1. The number of hydrogen-bond acceptors (Lipinski definition) is 4. The summed E-state index contributed by atoms with van der Waals surface area (Å²) >= 11 is 1.81. The standard InChI is InChI=1S/C17H23NO2S/c1-4-6-14(17-7-5-10-21-17)18-12-13-8-9-15(19-2)16(11-13)20-3/h5,7-11,14,18H,4,6,12H2,1-3H3. The van der Waals surface area contributed by atoms with E-state index in [1.54, 1.807) is 14.2 Å². The quantitative estimate of drug-likeness (QED) is 0.784. The van der Waals surface area contributed by atoms with E-state index in [1.807, 2.05) is 23.5 Å². The molecule has 2 aromatic rings. The Hall–Kier alpha value is -1.52. The van der Waals surface area contributed by atoms with Gasteiger partial charge in [0, 0.05) is 17.5 Å². The molecule has 3 nitrogen and oxygen atoms in total. The molecule has 1 aromatic carbocycles. The van der Waals surface area contributed by atoms with Gasteiger partial charge in [-0.1, -0.05) is 25.5 Å². The zero-order valence-corrected chi connectivity index (χ0v) is 13.7. The van der Waals surface area contributed by atoms with Gasteiger partial charge in [0.05, 0.1) is 14.2 Å². The molecule has 0 spiro atoms. The molecule has 0 aliphatic rings. The smallest absolute Gasteiger partial charge is 0.161 e. The van der Waals surface area contributed by atoms with E-state index in [4.69, 9.17) is 9.47 Å². The number of methoxy groups -OCH3 is 2. The lowest BCUT2D eigenvalue weighted by molar-refractivity contribution is 0.354. The van der Waals surface area contributed by atoms with Gasteiger partial charge >= 0.3 is 0 Å². The first-order valence-electron chi connectivity index (χ1n) is 7.26. The molecule has 2 rings (SSSR count). The first kappa shape index (κ1) is 15.9. The molecule has 1 aromatic heterocycles. The van der Waals surface area contributed by atoms with Gasteiger partial charge in [0.2, 0.25) is 0 Å². The van der Waals surface area contributed by atoms with E-state index in [1.165, 1.54) is 16.9 Å². The van der Waals surface area contributed by atoms with Gasteiger partial charge in [0.1, 0.15) is 0 Å². The van der Waals surface area contributed by atoms with Crippen molar-refractivity contribution < 1.29 is 9.47 Å². The van der Waals surface area contributed by atoms with E-state index < -0.39 is 0 Å². The summed E-state index contributed by atoms with van der Waals surface area (Å²) in [6.45, 7) is 3.04. The van der Waals surface area contributed by atoms with Crippen LogP contribution >= 0.6 is 11.3 Å². The van der Waals surface area contributed by atoms with Crippen LogP contribution in [0.25, 0.3) is 0 Å². The average molecular weight is 305 g/mol. The van der Waals surface area contributed by atoms with Crippen molar-refractivity contribution in [3.63, 3.8) is 0 Å². The fourth-order valence-corrected chi connectivity index (χ4v) is 3.19. The third kappa shape index (κ3) is 4.22. The SMILES string of the molecule is CCCC(NCc1ccc(OC)c(OC)c1)c1cccs1. The summed E-state index contributed by atoms with van der Waals surface area (Å²) in [6, 6.07) is 10.8. The molecule has 0 fully saturated rings. The van der Waals surface area contributed by atoms with E-state index in [0.717, 1.165) is 24.5 Å². The molecule has 114 valence electrons. The summed E-state index contributed by atoms with van der Waals surface area (Å²) in [7, 11) is 3.32. The van der Waals surface area contributed by atoms with E-state index in [-0.39, 0.29) is 0 Å². The van der Waals surface area contributed by atoms with E-state index in [0.29, 0.717) is 6.04 Å². The summed E-state index contributed by atoms with van der Waals surface area (Å²) in [5.41, 5.74) is 1.20. The van der Waals surface area contributed by atoms with E-state index in [2.05, 4.69) is 35.8 Å². The van der Waals surface area contributed by atoms with Gasteiger partial charge < -0.3 is 14.8 Å². The molecule has 21 heavy (non-hydrogen) atoms. The third-order valence-corrected chi connectivity index (χ3v) is 4.45. The van der Waals surface area contributed by atoms with Crippen molar-refractivity contribution in [3.8, 4) is 11.5 Å². The number of benzene rings is 1. The molecule has 1 unspecified atom stereocenters. The van der Waals surface area contributed by atoms with Crippen molar-refractivity contribution in [2.24, 2.45) is 0 Å². The average Bonchev–Trinajstić information content (AvgIpc) is 3.05. The van der Waals surface area contributed by atoms with Gasteiger partial charge in [-0.05, 0) is 35.6 Å². The van der Waals surface area contributed by atoms with Crippen LogP contribution in [0.15, 0.2) is 35.7 Å². The van der Waals surface area contributed by atoms with Gasteiger partial charge in [-0.2, -0.15) is 0 Å². The summed E-state index contributed by atoms with van der Waals surface area (Å²) in [5, 5.41) is 5.78. The lowest BCUT2D eigenvalue weighted by atomic mass is 10.1. The van der Waals surface area contributed by atoms with Crippen LogP contribution in [-0.2, 0) is 6.54 Å². The summed E-state index contributed by atoms with van der Waals surface area (Å²) in [5.74, 6) is 1.55. The monoisotopic (exact) mass is 305 g/mol. The Morgan fingerprint density at radius 2 is 1.95 bits per heavy atom. The van der Waals surface area contributed by atoms with Crippen molar-refractivity contribution in [2.45, 2.75) is 32.4 Å². The molecule has 1 atom stereocenters. The van der Waals surface area contributed by atoms with Crippen LogP contribution in [0.4, 0.5) is 0 Å². The Bertz CT molecular complexity index is 540. The van der Waals surface area contributed by atoms with E-state index in [9.17, 15) is 0 Å². The highest BCUT2D eigenvalue weighted by atomic mass is 32.1. The van der Waals surface area contributed by atoms with Gasteiger partial charge in [-0.15, -0.1) is 11.3 Å². The fourth-order valence-electron chi connectivity index (χ4n) is 2.35. The molecule has 0 amide bonds. The maximum Gasteiger partial charge on any atom is 0.161 e. The molecule has 0 aliphatic heterocycles. The second kappa shape index (κ2) is 8.05. The zero-order chi connectivity index (χ0) is 15.1. The number of nitrogens with one attached hydrogen (secondary N) is 1. The zero-order valence-electron chi connectivity index (χ0n) is 12.9. The van der Waals surface area contributed by atoms with Gasteiger partial charge in [0.15, 0.2) is 11.5 Å². The van der Waals surface area contributed by atoms with E-state index >= 15 is 0 Å². The minimum Gasteiger partial charge on any atom is -0.493 e. The van der Waals surface area contributed by atoms with Crippen LogP contribution in [0.3, 0.4) is 0 Å². The minimum atomic E-state index is 0.420. The fraction of sp³-hybridized carbons (Fsp3) is 0.412. The molecule has 4 heteroatoms. The largest absolute Gasteiger partial charge is 0.493 e. The Morgan fingerprint density at radius 3 is 2.57 bits per heavy atom. The van der Waals surface area contributed by atoms with Gasteiger partial charge in [0.25, 0.3) is 0 Å². The first-order chi connectivity index (χ1) is 10.3. The van der Waals surface area contributed by atoms with Crippen molar-refractivity contribution >= 4 is 11.3 Å². The molecule has 1 heterocycles. The first-order valence-corrected chi connectivity index (χ1v) is 8.14. The highest BCUT2D eigenvalue weighted by molar-refractivity contribution is 7.10. The summed E-state index contributed by atoms with van der Waals surface area (Å²) in [6.07, 6.45) is 2.31. The second-order valence-corrected chi connectivity index (χ2v) is 5.91. The van der Waals surface area contributed by atoms with Crippen LogP contribution in [-0.4, -0.2) is 14.2 Å². The number of ether oxygens (including phenoxy) is 2. The third-order valence-electron chi connectivity index (χ3n) is 3.46. The minimum absolute atomic E-state index is 0.420. The Labute approximate surface area is 130 Å². The molecule has 0 aliphatic carbocycles. The number of hydrogen-bond donors (Lipinski definition) is 1. The highest BCUT2D eigenvalue weighted by Crippen LogP contribution is 2.28. The molecule has 1 N–H and O–H groups in total. The second-order valence-electron chi connectivity index (χ2n) is 4.93. The molecular formula is C17H23NO2S. The lowest BCUT2D eigenvalue weighted by Gasteiger charge is -2.17. The van der Waals surface area contributed by atoms with Crippen molar-refractivity contribution in [1.29, 1.82) is 0 Å². The predicted molar refractivity (Wildman–Crippen MR) is 88.4 cm³/mol. The topological polar surface area (TPSA) is 30.5 Å². The predicted octanol–water partition coefficient (Wildman–Crippen LogP) is 4.40. The molecule has 0 saturated heterocycles. The number of rotatable bonds is 8. The van der Waals surface area contributed by atoms with Gasteiger partial charge in [-0.3, -0.25) is 0 Å². The Kier molecular flexibility index (Phi) is 6.08. The van der Waals surface area contributed by atoms with Crippen LogP contribution in [0, 0.1) is 0 Å². The summed E-state index contributed by atoms with van der Waals surface area (Å²) < 4.78 is 10.6. The molecule has 0 radical (unpaired) electrons. The molecule has 0 saturated carbocycles.